The molecule has 1 amide bonds. The number of aryl methyl sites for hydroxylation is 1. The molecule has 0 aliphatic carbocycles. The molecule has 25 heavy (non-hydrogen) atoms. The third kappa shape index (κ3) is 4.03. The standard InChI is InChI=1S/C17H19N5O2S/c1-9(2)6-15-21-22-17(25-15)18-16(24)13-8-12(19-20-13)11-5-4-10(3)7-14(11)23/h4-5,7-9,23H,6H2,1-3H3,(H,19,20)(H,18,22,24). The quantitative estimate of drug-likeness (QED) is 0.649. The van der Waals surface area contributed by atoms with Gasteiger partial charge in [-0.15, -0.1) is 10.2 Å². The molecule has 0 unspecified atom stereocenters. The van der Waals surface area contributed by atoms with Crippen molar-refractivity contribution in [2.45, 2.75) is 27.2 Å². The van der Waals surface area contributed by atoms with Crippen molar-refractivity contribution in [2.75, 3.05) is 5.32 Å². The summed E-state index contributed by atoms with van der Waals surface area (Å²) in [6, 6.07) is 6.89. The third-order valence-electron chi connectivity index (χ3n) is 3.52. The van der Waals surface area contributed by atoms with E-state index >= 15 is 0 Å². The highest BCUT2D eigenvalue weighted by atomic mass is 32.1. The van der Waals surface area contributed by atoms with E-state index in [1.165, 1.54) is 11.3 Å². The Balaban J connectivity index is 1.73. The van der Waals surface area contributed by atoms with Crippen molar-refractivity contribution < 1.29 is 9.90 Å². The Kier molecular flexibility index (Phi) is 4.80. The van der Waals surface area contributed by atoms with Crippen molar-refractivity contribution in [2.24, 2.45) is 5.92 Å². The smallest absolute Gasteiger partial charge is 0.275 e. The van der Waals surface area contributed by atoms with E-state index in [0.717, 1.165) is 17.0 Å². The van der Waals surface area contributed by atoms with E-state index in [9.17, 15) is 9.90 Å². The molecule has 3 rings (SSSR count). The molecule has 2 aromatic heterocycles. The number of carbonyl (C=O) groups is 1. The second kappa shape index (κ2) is 7.02. The SMILES string of the molecule is Cc1ccc(-c2cc(C(=O)Nc3nnc(CC(C)C)s3)[nH]n2)c(O)c1. The number of aromatic amines is 1. The zero-order valence-corrected chi connectivity index (χ0v) is 15.0. The largest absolute Gasteiger partial charge is 0.507 e. The van der Waals surface area contributed by atoms with E-state index in [2.05, 4.69) is 39.6 Å². The Bertz CT molecular complexity index is 900. The molecule has 3 aromatic rings. The molecule has 7 nitrogen and oxygen atoms in total. The zero-order chi connectivity index (χ0) is 18.0. The molecular formula is C17H19N5O2S. The van der Waals surface area contributed by atoms with Gasteiger partial charge in [0.1, 0.15) is 16.5 Å². The molecule has 0 saturated heterocycles. The van der Waals surface area contributed by atoms with Crippen LogP contribution in [0.15, 0.2) is 24.3 Å². The van der Waals surface area contributed by atoms with Gasteiger partial charge >= 0.3 is 0 Å². The van der Waals surface area contributed by atoms with Gasteiger partial charge in [-0.1, -0.05) is 31.3 Å². The highest BCUT2D eigenvalue weighted by Crippen LogP contribution is 2.29. The number of amides is 1. The van der Waals surface area contributed by atoms with E-state index in [1.54, 1.807) is 18.2 Å². The van der Waals surface area contributed by atoms with Gasteiger partial charge in [-0.05, 0) is 36.6 Å². The fraction of sp³-hybridized carbons (Fsp3) is 0.294. The summed E-state index contributed by atoms with van der Waals surface area (Å²) in [6.45, 7) is 6.10. The number of H-pyrrole nitrogens is 1. The van der Waals surface area contributed by atoms with Crippen LogP contribution in [0, 0.1) is 12.8 Å². The first-order valence-electron chi connectivity index (χ1n) is 7.91. The Labute approximate surface area is 149 Å². The van der Waals surface area contributed by atoms with Crippen LogP contribution in [0.4, 0.5) is 5.13 Å². The molecule has 2 heterocycles. The van der Waals surface area contributed by atoms with E-state index < -0.39 is 0 Å². The topological polar surface area (TPSA) is 104 Å². The number of nitrogens with one attached hydrogen (secondary N) is 2. The summed E-state index contributed by atoms with van der Waals surface area (Å²) < 4.78 is 0. The number of phenols is 1. The average Bonchev–Trinajstić information content (AvgIpc) is 3.16. The van der Waals surface area contributed by atoms with Gasteiger partial charge in [-0.3, -0.25) is 15.2 Å². The van der Waals surface area contributed by atoms with E-state index in [0.29, 0.717) is 22.3 Å². The minimum absolute atomic E-state index is 0.126. The fourth-order valence-electron chi connectivity index (χ4n) is 2.33. The number of benzene rings is 1. The van der Waals surface area contributed by atoms with Crippen LogP contribution in [-0.4, -0.2) is 31.4 Å². The summed E-state index contributed by atoms with van der Waals surface area (Å²) in [5, 5.41) is 28.9. The van der Waals surface area contributed by atoms with Gasteiger partial charge < -0.3 is 5.11 Å². The highest BCUT2D eigenvalue weighted by molar-refractivity contribution is 7.15. The Morgan fingerprint density at radius 2 is 2.12 bits per heavy atom. The third-order valence-corrected chi connectivity index (χ3v) is 4.38. The molecule has 130 valence electrons. The number of rotatable bonds is 5. The first-order valence-corrected chi connectivity index (χ1v) is 8.73. The van der Waals surface area contributed by atoms with Crippen LogP contribution in [0.5, 0.6) is 5.75 Å². The maximum atomic E-state index is 12.3. The van der Waals surface area contributed by atoms with Crippen molar-refractivity contribution >= 4 is 22.4 Å². The summed E-state index contributed by atoms with van der Waals surface area (Å²) in [7, 11) is 0. The lowest BCUT2D eigenvalue weighted by Gasteiger charge is -2.01. The number of hydrogen-bond donors (Lipinski definition) is 3. The summed E-state index contributed by atoms with van der Waals surface area (Å²) >= 11 is 1.36. The maximum absolute atomic E-state index is 12.3. The van der Waals surface area contributed by atoms with Gasteiger partial charge in [-0.2, -0.15) is 5.10 Å². The van der Waals surface area contributed by atoms with Crippen LogP contribution in [0.3, 0.4) is 0 Å². The lowest BCUT2D eigenvalue weighted by molar-refractivity contribution is 0.102. The lowest BCUT2D eigenvalue weighted by atomic mass is 10.1. The van der Waals surface area contributed by atoms with Crippen LogP contribution in [0.1, 0.15) is 34.9 Å². The number of nitrogens with zero attached hydrogens (tertiary/aromatic N) is 3. The van der Waals surface area contributed by atoms with Gasteiger partial charge in [0.05, 0.1) is 5.69 Å². The van der Waals surface area contributed by atoms with Crippen molar-refractivity contribution in [1.82, 2.24) is 20.4 Å². The predicted octanol–water partition coefficient (Wildman–Crippen LogP) is 3.39. The summed E-state index contributed by atoms with van der Waals surface area (Å²) in [6.07, 6.45) is 0.828. The fourth-order valence-corrected chi connectivity index (χ4v) is 3.28. The van der Waals surface area contributed by atoms with Crippen molar-refractivity contribution in [3.8, 4) is 17.0 Å². The second-order valence-electron chi connectivity index (χ2n) is 6.24. The zero-order valence-electron chi connectivity index (χ0n) is 14.2. The van der Waals surface area contributed by atoms with E-state index in [4.69, 9.17) is 0 Å². The monoisotopic (exact) mass is 357 g/mol. The summed E-state index contributed by atoms with van der Waals surface area (Å²) in [5.74, 6) is 0.257. The van der Waals surface area contributed by atoms with Gasteiger partial charge in [0.2, 0.25) is 5.13 Å². The molecule has 0 radical (unpaired) electrons. The first-order chi connectivity index (χ1) is 11.9. The lowest BCUT2D eigenvalue weighted by Crippen LogP contribution is -2.12. The van der Waals surface area contributed by atoms with Crippen molar-refractivity contribution in [1.29, 1.82) is 0 Å². The Morgan fingerprint density at radius 1 is 1.32 bits per heavy atom. The Hall–Kier alpha value is -2.74. The van der Waals surface area contributed by atoms with E-state index in [-0.39, 0.29) is 17.4 Å². The number of aromatic hydroxyl groups is 1. The minimum Gasteiger partial charge on any atom is -0.507 e. The molecule has 0 spiro atoms. The van der Waals surface area contributed by atoms with Crippen molar-refractivity contribution in [3.63, 3.8) is 0 Å². The van der Waals surface area contributed by atoms with Crippen LogP contribution in [-0.2, 0) is 6.42 Å². The number of anilines is 1. The molecule has 0 aliphatic rings. The second-order valence-corrected chi connectivity index (χ2v) is 7.30. The van der Waals surface area contributed by atoms with Crippen LogP contribution >= 0.6 is 11.3 Å². The Morgan fingerprint density at radius 3 is 2.84 bits per heavy atom. The molecule has 0 fully saturated rings. The molecule has 0 atom stereocenters. The average molecular weight is 357 g/mol. The summed E-state index contributed by atoms with van der Waals surface area (Å²) in [4.78, 5) is 12.3. The van der Waals surface area contributed by atoms with Gasteiger partial charge in [-0.25, -0.2) is 0 Å². The van der Waals surface area contributed by atoms with Crippen LogP contribution < -0.4 is 5.32 Å². The molecule has 1 aromatic carbocycles. The number of carbonyl (C=O) groups excluding carboxylic acids is 1. The molecule has 8 heteroatoms. The van der Waals surface area contributed by atoms with E-state index in [1.807, 2.05) is 13.0 Å². The first kappa shape index (κ1) is 17.1. The molecular weight excluding hydrogens is 338 g/mol. The predicted molar refractivity (Wildman–Crippen MR) is 96.8 cm³/mol. The number of phenolic OH excluding ortho intramolecular Hbond substituents is 1. The normalized spacial score (nSPS) is 11.0. The summed E-state index contributed by atoms with van der Waals surface area (Å²) in [5.41, 5.74) is 2.30. The number of aromatic nitrogens is 4. The van der Waals surface area contributed by atoms with Crippen LogP contribution in [0.25, 0.3) is 11.3 Å². The van der Waals surface area contributed by atoms with Crippen molar-refractivity contribution in [3.05, 3.63) is 40.5 Å². The minimum atomic E-state index is -0.349. The van der Waals surface area contributed by atoms with Crippen LogP contribution in [0.2, 0.25) is 0 Å². The molecule has 3 N–H and O–H groups in total. The molecule has 0 saturated carbocycles. The number of hydrogen-bond acceptors (Lipinski definition) is 6. The molecule has 0 bridgehead atoms. The maximum Gasteiger partial charge on any atom is 0.275 e. The van der Waals surface area contributed by atoms with Gasteiger partial charge in [0, 0.05) is 12.0 Å². The highest BCUT2D eigenvalue weighted by Gasteiger charge is 2.15. The molecule has 0 aliphatic heterocycles. The van der Waals surface area contributed by atoms with Gasteiger partial charge in [0.15, 0.2) is 0 Å². The van der Waals surface area contributed by atoms with Gasteiger partial charge in [0.25, 0.3) is 5.91 Å².